The van der Waals surface area contributed by atoms with Crippen LogP contribution in [0.4, 0.5) is 26.3 Å². The average Bonchev–Trinajstić information content (AvgIpc) is 3.76. The van der Waals surface area contributed by atoms with Gasteiger partial charge in [0.05, 0.1) is 56.2 Å². The van der Waals surface area contributed by atoms with Crippen molar-refractivity contribution in [1.29, 1.82) is 5.26 Å². The van der Waals surface area contributed by atoms with E-state index in [1.807, 2.05) is 86.9 Å². The molecular weight excluding hydrogens is 817 g/mol. The predicted octanol–water partition coefficient (Wildman–Crippen LogP) is 16.0. The lowest BCUT2D eigenvalue weighted by Gasteiger charge is -2.21. The van der Waals surface area contributed by atoms with Crippen LogP contribution in [0, 0.1) is 39.0 Å². The fourth-order valence-corrected chi connectivity index (χ4v) is 9.48. The van der Waals surface area contributed by atoms with Crippen LogP contribution in [0.1, 0.15) is 38.9 Å². The van der Waals surface area contributed by atoms with Gasteiger partial charge in [0, 0.05) is 27.1 Å². The highest BCUT2D eigenvalue weighted by atomic mass is 19.4. The maximum absolute atomic E-state index is 14.4. The molecule has 0 fully saturated rings. The molecule has 8 aromatic carbocycles. The van der Waals surface area contributed by atoms with Gasteiger partial charge in [-0.25, -0.2) is 0 Å². The van der Waals surface area contributed by atoms with E-state index in [-0.39, 0.29) is 22.8 Å². The summed E-state index contributed by atoms with van der Waals surface area (Å²) in [6.07, 6.45) is -10.2. The fourth-order valence-electron chi connectivity index (χ4n) is 9.48. The quantitative estimate of drug-likeness (QED) is 0.159. The smallest absolute Gasteiger partial charge is 0.307 e. The van der Waals surface area contributed by atoms with Crippen molar-refractivity contribution < 1.29 is 26.3 Å². The Bertz CT molecular complexity index is 3520. The fraction of sp³-hybridized carbons (Fsp3) is 0.109. The first-order valence-corrected chi connectivity index (χ1v) is 20.7. The summed E-state index contributed by atoms with van der Waals surface area (Å²) in [5, 5.41) is 14.5. The Hall–Kier alpha value is -7.57. The normalized spacial score (nSPS) is 12.2. The Morgan fingerprint density at radius 3 is 1.22 bits per heavy atom. The third-order valence-corrected chi connectivity index (χ3v) is 12.1. The topological polar surface area (TPSA) is 33.6 Å². The van der Waals surface area contributed by atoms with Crippen LogP contribution in [0.15, 0.2) is 152 Å². The van der Waals surface area contributed by atoms with Crippen molar-refractivity contribution in [2.75, 3.05) is 0 Å². The Kier molecular flexibility index (Phi) is 9.35. The molecule has 0 atom stereocenters. The summed E-state index contributed by atoms with van der Waals surface area (Å²) in [5.41, 5.74) is 8.78. The van der Waals surface area contributed by atoms with E-state index in [0.29, 0.717) is 23.5 Å². The zero-order chi connectivity index (χ0) is 44.8. The Balaban J connectivity index is 1.37. The summed E-state index contributed by atoms with van der Waals surface area (Å²) in [6, 6.07) is 47.5. The molecule has 0 aliphatic rings. The van der Waals surface area contributed by atoms with Gasteiger partial charge in [-0.05, 0) is 110 Å². The molecule has 0 saturated carbocycles. The highest BCUT2D eigenvalue weighted by Crippen LogP contribution is 2.45. The minimum Gasteiger partial charge on any atom is -0.307 e. The number of alkyl halides is 6. The van der Waals surface area contributed by atoms with Gasteiger partial charge in [0.1, 0.15) is 0 Å². The van der Waals surface area contributed by atoms with Gasteiger partial charge in [0.25, 0.3) is 0 Å². The SMILES string of the molecule is Cc1cc(C)cc(-c2ccc3c4ccccc4n(-c4cc(C#N)c(-c5cc(C(F)(F)F)cc(C(F)(F)F)c5)cc4-n4c5ccccc5c5ccc(-c6cc(C)cc(C)c6)cc54)c3c2)c1. The number of aryl methyl sites for hydroxylation is 4. The van der Waals surface area contributed by atoms with E-state index in [0.717, 1.165) is 88.1 Å². The van der Waals surface area contributed by atoms with E-state index in [9.17, 15) is 31.6 Å². The molecule has 0 spiro atoms. The molecule has 3 nitrogen and oxygen atoms in total. The van der Waals surface area contributed by atoms with Crippen LogP contribution in [0.3, 0.4) is 0 Å². The molecule has 9 heteroatoms. The Morgan fingerprint density at radius 1 is 0.391 bits per heavy atom. The number of rotatable bonds is 5. The van der Waals surface area contributed by atoms with Crippen molar-refractivity contribution in [3.8, 4) is 50.8 Å². The highest BCUT2D eigenvalue weighted by molar-refractivity contribution is 6.13. The number of nitriles is 1. The third-order valence-electron chi connectivity index (χ3n) is 12.1. The molecule has 2 aromatic heterocycles. The Labute approximate surface area is 364 Å². The summed E-state index contributed by atoms with van der Waals surface area (Å²) in [4.78, 5) is 0. The van der Waals surface area contributed by atoms with Crippen LogP contribution in [0.25, 0.3) is 88.4 Å². The third kappa shape index (κ3) is 6.87. The first kappa shape index (κ1) is 40.5. The van der Waals surface area contributed by atoms with E-state index in [1.54, 1.807) is 12.1 Å². The molecule has 314 valence electrons. The second kappa shape index (κ2) is 14.8. The number of para-hydroxylation sites is 2. The molecule has 0 aliphatic heterocycles. The van der Waals surface area contributed by atoms with Crippen LogP contribution < -0.4 is 0 Å². The number of fused-ring (bicyclic) bond motifs is 6. The molecule has 0 unspecified atom stereocenters. The number of nitrogens with zero attached hydrogens (tertiary/aromatic N) is 3. The van der Waals surface area contributed by atoms with E-state index in [4.69, 9.17) is 0 Å². The molecule has 0 bridgehead atoms. The van der Waals surface area contributed by atoms with Crippen LogP contribution in [-0.4, -0.2) is 9.13 Å². The first-order chi connectivity index (χ1) is 30.5. The predicted molar refractivity (Wildman–Crippen MR) is 245 cm³/mol. The van der Waals surface area contributed by atoms with E-state index in [1.165, 1.54) is 0 Å². The summed E-state index contributed by atoms with van der Waals surface area (Å²) >= 11 is 0. The zero-order valence-electron chi connectivity index (χ0n) is 35.0. The monoisotopic (exact) mass is 853 g/mol. The lowest BCUT2D eigenvalue weighted by atomic mass is 9.94. The van der Waals surface area contributed by atoms with Gasteiger partial charge in [-0.3, -0.25) is 0 Å². The minimum atomic E-state index is -5.10. The molecule has 10 aromatic rings. The van der Waals surface area contributed by atoms with Crippen molar-refractivity contribution in [3.63, 3.8) is 0 Å². The summed E-state index contributed by atoms with van der Waals surface area (Å²) < 4.78 is 90.6. The maximum Gasteiger partial charge on any atom is 0.416 e. The maximum atomic E-state index is 14.4. The molecule has 2 heterocycles. The van der Waals surface area contributed by atoms with Gasteiger partial charge in [-0.1, -0.05) is 119 Å². The van der Waals surface area contributed by atoms with E-state index < -0.39 is 23.5 Å². The molecule has 0 amide bonds. The van der Waals surface area contributed by atoms with Gasteiger partial charge >= 0.3 is 12.4 Å². The van der Waals surface area contributed by atoms with Crippen LogP contribution in [-0.2, 0) is 12.4 Å². The second-order valence-electron chi connectivity index (χ2n) is 16.7. The van der Waals surface area contributed by atoms with Gasteiger partial charge in [-0.2, -0.15) is 31.6 Å². The van der Waals surface area contributed by atoms with Crippen molar-refractivity contribution >= 4 is 43.6 Å². The first-order valence-electron chi connectivity index (χ1n) is 20.7. The molecule has 0 radical (unpaired) electrons. The van der Waals surface area contributed by atoms with E-state index in [2.05, 4.69) is 77.4 Å². The summed E-state index contributed by atoms with van der Waals surface area (Å²) in [6.45, 7) is 8.16. The number of hydrogen-bond donors (Lipinski definition) is 0. The van der Waals surface area contributed by atoms with Crippen molar-refractivity contribution in [2.24, 2.45) is 0 Å². The number of halogens is 6. The van der Waals surface area contributed by atoms with Gasteiger partial charge in [-0.15, -0.1) is 0 Å². The minimum absolute atomic E-state index is 0.0778. The second-order valence-corrected chi connectivity index (χ2v) is 16.7. The van der Waals surface area contributed by atoms with Crippen LogP contribution in [0.2, 0.25) is 0 Å². The Morgan fingerprint density at radius 2 is 0.797 bits per heavy atom. The van der Waals surface area contributed by atoms with Crippen molar-refractivity contribution in [2.45, 2.75) is 40.0 Å². The number of benzene rings is 8. The highest BCUT2D eigenvalue weighted by Gasteiger charge is 2.37. The van der Waals surface area contributed by atoms with Gasteiger partial charge < -0.3 is 9.13 Å². The van der Waals surface area contributed by atoms with Crippen LogP contribution >= 0.6 is 0 Å². The summed E-state index contributed by atoms with van der Waals surface area (Å²) in [5.74, 6) is 0. The largest absolute Gasteiger partial charge is 0.416 e. The lowest BCUT2D eigenvalue weighted by Crippen LogP contribution is -2.11. The molecule has 0 saturated heterocycles. The van der Waals surface area contributed by atoms with Crippen LogP contribution in [0.5, 0.6) is 0 Å². The lowest BCUT2D eigenvalue weighted by molar-refractivity contribution is -0.143. The number of hydrogen-bond acceptors (Lipinski definition) is 1. The summed E-state index contributed by atoms with van der Waals surface area (Å²) in [7, 11) is 0. The van der Waals surface area contributed by atoms with Gasteiger partial charge in [0.2, 0.25) is 0 Å². The molecule has 0 aliphatic carbocycles. The van der Waals surface area contributed by atoms with Crippen molar-refractivity contribution in [1.82, 2.24) is 9.13 Å². The van der Waals surface area contributed by atoms with Gasteiger partial charge in [0.15, 0.2) is 0 Å². The molecular formula is C55H37F6N3. The zero-order valence-corrected chi connectivity index (χ0v) is 35.0. The molecule has 0 N–H and O–H groups in total. The van der Waals surface area contributed by atoms with E-state index >= 15 is 0 Å². The van der Waals surface area contributed by atoms with Crippen molar-refractivity contribution in [3.05, 3.63) is 191 Å². The average molecular weight is 854 g/mol. The number of aromatic nitrogens is 2. The molecule has 10 rings (SSSR count). The molecule has 64 heavy (non-hydrogen) atoms. The standard InChI is InChI=1S/C55H37F6N3/c1-31-17-32(2)20-37(19-31)35-13-15-45-43-9-5-7-11-48(43)63(50(45)25-35)52-27-40(30-62)47(39-23-41(54(56,57)58)28-42(24-39)55(59,60)61)29-53(52)64-49-12-8-6-10-44(49)46-16-14-36(26-51(46)64)38-21-33(3)18-34(4)22-38/h5-29H,1-4H3.